The van der Waals surface area contributed by atoms with Gasteiger partial charge >= 0.3 is 0 Å². The van der Waals surface area contributed by atoms with E-state index < -0.39 is 4.92 Å². The number of hydrogen-bond donors (Lipinski definition) is 1. The molecule has 0 atom stereocenters. The number of ether oxygens (including phenoxy) is 2. The minimum absolute atomic E-state index is 0.0400. The van der Waals surface area contributed by atoms with Gasteiger partial charge in [0.15, 0.2) is 22.5 Å². The molecule has 1 N–H and O–H groups in total. The first-order valence-corrected chi connectivity index (χ1v) is 10.8. The van der Waals surface area contributed by atoms with Crippen LogP contribution in [-0.2, 0) is 11.3 Å². The molecule has 0 bridgehead atoms. The second-order valence-electron chi connectivity index (χ2n) is 6.52. The van der Waals surface area contributed by atoms with Crippen LogP contribution in [0.4, 0.5) is 5.69 Å². The molecule has 0 radical (unpaired) electrons. The van der Waals surface area contributed by atoms with Crippen LogP contribution < -0.4 is 14.9 Å². The molecule has 12 heteroatoms. The minimum Gasteiger partial charge on any atom is -0.493 e. The SMILES string of the molecule is CCn1c(SCC(=O)NN=Cc2ccccc2[N+](=O)[O-])nnc1-c1ccc(OC)c(OC)c1. The van der Waals surface area contributed by atoms with Gasteiger partial charge in [-0.25, -0.2) is 5.43 Å². The molecule has 1 amide bonds. The van der Waals surface area contributed by atoms with E-state index in [0.717, 1.165) is 5.56 Å². The summed E-state index contributed by atoms with van der Waals surface area (Å²) < 4.78 is 12.5. The van der Waals surface area contributed by atoms with Crippen molar-refractivity contribution < 1.29 is 19.2 Å². The quantitative estimate of drug-likeness (QED) is 0.207. The van der Waals surface area contributed by atoms with Gasteiger partial charge < -0.3 is 14.0 Å². The first-order valence-electron chi connectivity index (χ1n) is 9.82. The van der Waals surface area contributed by atoms with Crippen LogP contribution in [0.5, 0.6) is 11.5 Å². The number of nitrogens with zero attached hydrogens (tertiary/aromatic N) is 5. The molecular weight excluding hydrogens is 448 g/mol. The van der Waals surface area contributed by atoms with Crippen molar-refractivity contribution in [2.45, 2.75) is 18.6 Å². The van der Waals surface area contributed by atoms with E-state index in [1.165, 1.54) is 24.0 Å². The van der Waals surface area contributed by atoms with Crippen molar-refractivity contribution in [1.29, 1.82) is 0 Å². The highest BCUT2D eigenvalue weighted by Gasteiger charge is 2.16. The van der Waals surface area contributed by atoms with E-state index in [4.69, 9.17) is 9.47 Å². The molecule has 0 aliphatic heterocycles. The van der Waals surface area contributed by atoms with Crippen molar-refractivity contribution in [1.82, 2.24) is 20.2 Å². The van der Waals surface area contributed by atoms with Gasteiger partial charge in [0.25, 0.3) is 11.6 Å². The summed E-state index contributed by atoms with van der Waals surface area (Å²) in [5, 5.41) is 23.9. The molecule has 0 fully saturated rings. The second kappa shape index (κ2) is 11.1. The number of nitro groups is 1. The van der Waals surface area contributed by atoms with Crippen LogP contribution >= 0.6 is 11.8 Å². The van der Waals surface area contributed by atoms with Gasteiger partial charge in [0, 0.05) is 18.2 Å². The van der Waals surface area contributed by atoms with E-state index in [-0.39, 0.29) is 17.3 Å². The molecule has 172 valence electrons. The fourth-order valence-electron chi connectivity index (χ4n) is 2.97. The molecule has 0 spiro atoms. The van der Waals surface area contributed by atoms with E-state index in [1.54, 1.807) is 38.5 Å². The lowest BCUT2D eigenvalue weighted by Gasteiger charge is -2.10. The third-order valence-corrected chi connectivity index (χ3v) is 5.50. The van der Waals surface area contributed by atoms with Gasteiger partial charge in [0.2, 0.25) is 0 Å². The maximum atomic E-state index is 12.2. The number of amides is 1. The average molecular weight is 471 g/mol. The van der Waals surface area contributed by atoms with E-state index in [1.807, 2.05) is 23.6 Å². The van der Waals surface area contributed by atoms with Crippen molar-refractivity contribution in [2.75, 3.05) is 20.0 Å². The second-order valence-corrected chi connectivity index (χ2v) is 7.46. The van der Waals surface area contributed by atoms with E-state index in [0.29, 0.717) is 34.6 Å². The van der Waals surface area contributed by atoms with Gasteiger partial charge in [-0.3, -0.25) is 14.9 Å². The summed E-state index contributed by atoms with van der Waals surface area (Å²) >= 11 is 1.21. The van der Waals surface area contributed by atoms with Crippen LogP contribution in [0.1, 0.15) is 12.5 Å². The van der Waals surface area contributed by atoms with Crippen LogP contribution in [0.2, 0.25) is 0 Å². The van der Waals surface area contributed by atoms with Crippen LogP contribution in [0, 0.1) is 10.1 Å². The van der Waals surface area contributed by atoms with Crippen LogP contribution in [0.15, 0.2) is 52.7 Å². The molecule has 0 unspecified atom stereocenters. The Kier molecular flexibility index (Phi) is 7.97. The Morgan fingerprint density at radius 1 is 1.21 bits per heavy atom. The average Bonchev–Trinajstić information content (AvgIpc) is 3.25. The Bertz CT molecular complexity index is 1180. The summed E-state index contributed by atoms with van der Waals surface area (Å²) in [4.78, 5) is 22.7. The zero-order valence-electron chi connectivity index (χ0n) is 18.2. The highest BCUT2D eigenvalue weighted by molar-refractivity contribution is 7.99. The fourth-order valence-corrected chi connectivity index (χ4v) is 3.76. The number of rotatable bonds is 10. The zero-order chi connectivity index (χ0) is 23.8. The largest absolute Gasteiger partial charge is 0.493 e. The minimum atomic E-state index is -0.507. The Morgan fingerprint density at radius 2 is 1.97 bits per heavy atom. The number of hydrazone groups is 1. The number of carbonyl (C=O) groups is 1. The number of nitro benzene ring substituents is 1. The van der Waals surface area contributed by atoms with Crippen molar-refractivity contribution in [3.63, 3.8) is 0 Å². The molecular formula is C21H22N6O5S. The maximum absolute atomic E-state index is 12.2. The van der Waals surface area contributed by atoms with Gasteiger partial charge in [-0.15, -0.1) is 10.2 Å². The predicted octanol–water partition coefficient (Wildman–Crippen LogP) is 3.13. The standard InChI is InChI=1S/C21H22N6O5S/c1-4-26-20(14-9-10-17(31-2)18(11-14)32-3)24-25-21(26)33-13-19(28)23-22-12-15-7-5-6-8-16(15)27(29)30/h5-12H,4,13H2,1-3H3,(H,23,28). The monoisotopic (exact) mass is 470 g/mol. The Morgan fingerprint density at radius 3 is 2.67 bits per heavy atom. The summed E-state index contributed by atoms with van der Waals surface area (Å²) in [6, 6.07) is 11.6. The number of methoxy groups -OCH3 is 2. The zero-order valence-corrected chi connectivity index (χ0v) is 19.0. The lowest BCUT2D eigenvalue weighted by molar-refractivity contribution is -0.385. The van der Waals surface area contributed by atoms with Crippen LogP contribution in [0.25, 0.3) is 11.4 Å². The van der Waals surface area contributed by atoms with Gasteiger partial charge in [-0.1, -0.05) is 23.9 Å². The molecule has 33 heavy (non-hydrogen) atoms. The number of nitrogens with one attached hydrogen (secondary N) is 1. The molecule has 2 aromatic carbocycles. The first-order chi connectivity index (χ1) is 16.0. The number of thioether (sulfide) groups is 1. The van der Waals surface area contributed by atoms with E-state index >= 15 is 0 Å². The smallest absolute Gasteiger partial charge is 0.278 e. The van der Waals surface area contributed by atoms with Crippen molar-refractivity contribution in [3.05, 3.63) is 58.1 Å². The van der Waals surface area contributed by atoms with Crippen LogP contribution in [-0.4, -0.2) is 51.8 Å². The number of para-hydroxylation sites is 1. The topological polar surface area (TPSA) is 134 Å². The lowest BCUT2D eigenvalue weighted by atomic mass is 10.2. The molecule has 11 nitrogen and oxygen atoms in total. The van der Waals surface area contributed by atoms with Crippen molar-refractivity contribution in [3.8, 4) is 22.9 Å². The number of carbonyl (C=O) groups excluding carboxylic acids is 1. The molecule has 1 heterocycles. The number of benzene rings is 2. The lowest BCUT2D eigenvalue weighted by Crippen LogP contribution is -2.20. The fraction of sp³-hybridized carbons (Fsp3) is 0.238. The van der Waals surface area contributed by atoms with Gasteiger partial charge in [-0.2, -0.15) is 5.10 Å². The molecule has 1 aromatic heterocycles. The van der Waals surface area contributed by atoms with E-state index in [9.17, 15) is 14.9 Å². The maximum Gasteiger partial charge on any atom is 0.278 e. The predicted molar refractivity (Wildman–Crippen MR) is 124 cm³/mol. The normalized spacial score (nSPS) is 10.9. The molecule has 0 saturated heterocycles. The molecule has 0 aliphatic carbocycles. The van der Waals surface area contributed by atoms with Gasteiger partial charge in [-0.05, 0) is 31.2 Å². The van der Waals surface area contributed by atoms with E-state index in [2.05, 4.69) is 20.7 Å². The molecule has 3 rings (SSSR count). The van der Waals surface area contributed by atoms with Gasteiger partial charge in [0.1, 0.15) is 0 Å². The third-order valence-electron chi connectivity index (χ3n) is 4.53. The molecule has 3 aromatic rings. The van der Waals surface area contributed by atoms with Crippen LogP contribution in [0.3, 0.4) is 0 Å². The van der Waals surface area contributed by atoms with Crippen molar-refractivity contribution in [2.24, 2.45) is 5.10 Å². The third kappa shape index (κ3) is 5.66. The highest BCUT2D eigenvalue weighted by atomic mass is 32.2. The number of aromatic nitrogens is 3. The summed E-state index contributed by atoms with van der Waals surface area (Å²) in [6.07, 6.45) is 1.24. The van der Waals surface area contributed by atoms with Crippen molar-refractivity contribution >= 4 is 29.6 Å². The molecule has 0 aliphatic rings. The summed E-state index contributed by atoms with van der Waals surface area (Å²) in [6.45, 7) is 2.55. The first kappa shape index (κ1) is 23.7. The summed E-state index contributed by atoms with van der Waals surface area (Å²) in [7, 11) is 3.13. The Balaban J connectivity index is 1.66. The number of hydrogen-bond acceptors (Lipinski definition) is 9. The Labute approximate surface area is 194 Å². The molecule has 0 saturated carbocycles. The summed E-state index contributed by atoms with van der Waals surface area (Å²) in [5.41, 5.74) is 3.37. The Hall–Kier alpha value is -3.93. The van der Waals surface area contributed by atoms with Gasteiger partial charge in [0.05, 0.1) is 36.7 Å². The highest BCUT2D eigenvalue weighted by Crippen LogP contribution is 2.32. The summed E-state index contributed by atoms with van der Waals surface area (Å²) in [5.74, 6) is 1.48.